The molecule has 0 spiro atoms. The molecule has 1 aromatic rings. The van der Waals surface area contributed by atoms with Gasteiger partial charge in [-0.2, -0.15) is 0 Å². The maximum Gasteiger partial charge on any atom is 0.248 e. The normalized spacial score (nSPS) is 10.2. The van der Waals surface area contributed by atoms with Gasteiger partial charge in [-0.1, -0.05) is 17.7 Å². The molecule has 0 heterocycles. The first-order chi connectivity index (χ1) is 10.0. The SMILES string of the molecule is COCCOCC(=O)N(C)CC(=O)Nc1ccc(C)cc1. The molecule has 1 N–H and O–H groups in total. The maximum atomic E-state index is 11.8. The highest BCUT2D eigenvalue weighted by atomic mass is 16.5. The average Bonchev–Trinajstić information content (AvgIpc) is 2.45. The number of methoxy groups -OCH3 is 1. The maximum absolute atomic E-state index is 11.8. The second-order valence-electron chi connectivity index (χ2n) is 4.71. The topological polar surface area (TPSA) is 67.9 Å². The van der Waals surface area contributed by atoms with E-state index in [4.69, 9.17) is 9.47 Å². The van der Waals surface area contributed by atoms with E-state index in [1.54, 1.807) is 14.2 Å². The number of hydrogen-bond donors (Lipinski definition) is 1. The lowest BCUT2D eigenvalue weighted by molar-refractivity contribution is -0.137. The third-order valence-electron chi connectivity index (χ3n) is 2.80. The number of hydrogen-bond acceptors (Lipinski definition) is 4. The Labute approximate surface area is 125 Å². The number of amides is 2. The van der Waals surface area contributed by atoms with Crippen molar-refractivity contribution < 1.29 is 19.1 Å². The van der Waals surface area contributed by atoms with E-state index in [1.165, 1.54) is 4.90 Å². The second kappa shape index (κ2) is 9.10. The van der Waals surface area contributed by atoms with Gasteiger partial charge in [0.2, 0.25) is 11.8 Å². The van der Waals surface area contributed by atoms with Gasteiger partial charge in [0.05, 0.1) is 19.8 Å². The van der Waals surface area contributed by atoms with Crippen molar-refractivity contribution in [3.63, 3.8) is 0 Å². The van der Waals surface area contributed by atoms with Gasteiger partial charge in [-0.3, -0.25) is 9.59 Å². The van der Waals surface area contributed by atoms with Crippen molar-refractivity contribution in [3.05, 3.63) is 29.8 Å². The van der Waals surface area contributed by atoms with E-state index in [-0.39, 0.29) is 25.0 Å². The van der Waals surface area contributed by atoms with Gasteiger partial charge < -0.3 is 19.7 Å². The number of likely N-dealkylation sites (N-methyl/N-ethyl adjacent to an activating group) is 1. The monoisotopic (exact) mass is 294 g/mol. The van der Waals surface area contributed by atoms with Crippen LogP contribution in [0.1, 0.15) is 5.56 Å². The highest BCUT2D eigenvalue weighted by Gasteiger charge is 2.13. The molecule has 116 valence electrons. The first-order valence-corrected chi connectivity index (χ1v) is 6.70. The van der Waals surface area contributed by atoms with E-state index < -0.39 is 0 Å². The molecule has 0 unspecified atom stereocenters. The van der Waals surface area contributed by atoms with Crippen LogP contribution >= 0.6 is 0 Å². The molecule has 2 amide bonds. The number of ether oxygens (including phenoxy) is 2. The summed E-state index contributed by atoms with van der Waals surface area (Å²) < 4.78 is 9.93. The molecule has 6 heteroatoms. The van der Waals surface area contributed by atoms with Gasteiger partial charge in [-0.05, 0) is 19.1 Å². The Kier molecular flexibility index (Phi) is 7.42. The van der Waals surface area contributed by atoms with Crippen LogP contribution in [0.2, 0.25) is 0 Å². The molecule has 0 aliphatic rings. The Morgan fingerprint density at radius 3 is 2.48 bits per heavy atom. The smallest absolute Gasteiger partial charge is 0.248 e. The molecule has 0 fully saturated rings. The van der Waals surface area contributed by atoms with Gasteiger partial charge in [-0.25, -0.2) is 0 Å². The predicted octanol–water partition coefficient (Wildman–Crippen LogP) is 1.05. The summed E-state index contributed by atoms with van der Waals surface area (Å²) in [6, 6.07) is 7.47. The zero-order valence-electron chi connectivity index (χ0n) is 12.7. The van der Waals surface area contributed by atoms with E-state index in [9.17, 15) is 9.59 Å². The lowest BCUT2D eigenvalue weighted by Crippen LogP contribution is -2.37. The molecule has 6 nitrogen and oxygen atoms in total. The summed E-state index contributed by atoms with van der Waals surface area (Å²) in [5, 5.41) is 2.74. The molecule has 21 heavy (non-hydrogen) atoms. The third-order valence-corrected chi connectivity index (χ3v) is 2.80. The predicted molar refractivity (Wildman–Crippen MR) is 80.1 cm³/mol. The minimum Gasteiger partial charge on any atom is -0.382 e. The lowest BCUT2D eigenvalue weighted by atomic mass is 10.2. The highest BCUT2D eigenvalue weighted by Crippen LogP contribution is 2.08. The van der Waals surface area contributed by atoms with Crippen LogP contribution in [-0.2, 0) is 19.1 Å². The molecule has 0 aromatic heterocycles. The van der Waals surface area contributed by atoms with Crippen LogP contribution in [0.3, 0.4) is 0 Å². The molecule has 0 bridgehead atoms. The molecular weight excluding hydrogens is 272 g/mol. The zero-order chi connectivity index (χ0) is 15.7. The first-order valence-electron chi connectivity index (χ1n) is 6.70. The first kappa shape index (κ1) is 17.1. The van der Waals surface area contributed by atoms with Gasteiger partial charge in [0.1, 0.15) is 6.61 Å². The highest BCUT2D eigenvalue weighted by molar-refractivity contribution is 5.94. The third kappa shape index (κ3) is 6.87. The largest absolute Gasteiger partial charge is 0.382 e. The minimum absolute atomic E-state index is 0.0135. The van der Waals surface area contributed by atoms with Crippen LogP contribution in [0.4, 0.5) is 5.69 Å². The summed E-state index contributed by atoms with van der Waals surface area (Å²) >= 11 is 0. The van der Waals surface area contributed by atoms with Crippen LogP contribution < -0.4 is 5.32 Å². The number of anilines is 1. The molecule has 0 saturated heterocycles. The Morgan fingerprint density at radius 1 is 1.19 bits per heavy atom. The lowest BCUT2D eigenvalue weighted by Gasteiger charge is -2.16. The van der Waals surface area contributed by atoms with E-state index in [1.807, 2.05) is 31.2 Å². The van der Waals surface area contributed by atoms with E-state index in [0.717, 1.165) is 5.56 Å². The standard InChI is InChI=1S/C15H22N2O4/c1-12-4-6-13(7-5-12)16-14(18)10-17(2)15(19)11-21-9-8-20-3/h4-7H,8-11H2,1-3H3,(H,16,18). The van der Waals surface area contributed by atoms with E-state index in [0.29, 0.717) is 18.9 Å². The van der Waals surface area contributed by atoms with Crippen molar-refractivity contribution in [3.8, 4) is 0 Å². The molecule has 1 aromatic carbocycles. The van der Waals surface area contributed by atoms with Crippen molar-refractivity contribution in [1.29, 1.82) is 0 Å². The summed E-state index contributed by atoms with van der Waals surface area (Å²) in [7, 11) is 3.13. The van der Waals surface area contributed by atoms with Gasteiger partial charge in [0.25, 0.3) is 0 Å². The number of nitrogens with zero attached hydrogens (tertiary/aromatic N) is 1. The van der Waals surface area contributed by atoms with Gasteiger partial charge in [-0.15, -0.1) is 0 Å². The summed E-state index contributed by atoms with van der Waals surface area (Å²) in [6.07, 6.45) is 0. The summed E-state index contributed by atoms with van der Waals surface area (Å²) in [5.74, 6) is -0.489. The number of nitrogens with one attached hydrogen (secondary N) is 1. The van der Waals surface area contributed by atoms with Crippen LogP contribution in [-0.4, -0.2) is 57.2 Å². The Bertz CT molecular complexity index is 459. The van der Waals surface area contributed by atoms with Crippen molar-refractivity contribution in [2.45, 2.75) is 6.92 Å². The summed E-state index contributed by atoms with van der Waals surface area (Å²) in [4.78, 5) is 24.9. The zero-order valence-corrected chi connectivity index (χ0v) is 12.7. The Hall–Kier alpha value is -1.92. The summed E-state index contributed by atoms with van der Waals surface area (Å²) in [5.41, 5.74) is 1.83. The van der Waals surface area contributed by atoms with Gasteiger partial charge in [0.15, 0.2) is 0 Å². The van der Waals surface area contributed by atoms with Crippen molar-refractivity contribution in [2.75, 3.05) is 45.8 Å². The van der Waals surface area contributed by atoms with Crippen LogP contribution in [0.15, 0.2) is 24.3 Å². The molecule has 0 aliphatic carbocycles. The molecule has 0 radical (unpaired) electrons. The Morgan fingerprint density at radius 2 is 1.86 bits per heavy atom. The number of carbonyl (C=O) groups excluding carboxylic acids is 2. The van der Waals surface area contributed by atoms with Crippen LogP contribution in [0.5, 0.6) is 0 Å². The van der Waals surface area contributed by atoms with E-state index >= 15 is 0 Å². The van der Waals surface area contributed by atoms with E-state index in [2.05, 4.69) is 5.32 Å². The Balaban J connectivity index is 2.32. The van der Waals surface area contributed by atoms with Crippen LogP contribution in [0.25, 0.3) is 0 Å². The fourth-order valence-corrected chi connectivity index (χ4v) is 1.55. The quantitative estimate of drug-likeness (QED) is 0.728. The van der Waals surface area contributed by atoms with Crippen LogP contribution in [0, 0.1) is 6.92 Å². The minimum atomic E-state index is -0.245. The van der Waals surface area contributed by atoms with Crippen molar-refractivity contribution in [2.24, 2.45) is 0 Å². The van der Waals surface area contributed by atoms with Crippen molar-refractivity contribution >= 4 is 17.5 Å². The molecule has 1 rings (SSSR count). The second-order valence-corrected chi connectivity index (χ2v) is 4.71. The molecule has 0 aliphatic heterocycles. The fraction of sp³-hybridized carbons (Fsp3) is 0.467. The number of rotatable bonds is 8. The van der Waals surface area contributed by atoms with Gasteiger partial charge >= 0.3 is 0 Å². The fourth-order valence-electron chi connectivity index (χ4n) is 1.55. The molecule has 0 saturated carbocycles. The summed E-state index contributed by atoms with van der Waals surface area (Å²) in [6.45, 7) is 2.69. The molecular formula is C15H22N2O4. The average molecular weight is 294 g/mol. The number of benzene rings is 1. The molecule has 0 atom stereocenters. The number of aryl methyl sites for hydroxylation is 1. The van der Waals surface area contributed by atoms with Crippen molar-refractivity contribution in [1.82, 2.24) is 4.90 Å². The van der Waals surface area contributed by atoms with Gasteiger partial charge in [0, 0.05) is 19.8 Å². The number of carbonyl (C=O) groups is 2.